The summed E-state index contributed by atoms with van der Waals surface area (Å²) in [6, 6.07) is 16.6. The van der Waals surface area contributed by atoms with Gasteiger partial charge in [0, 0.05) is 18.8 Å². The lowest BCUT2D eigenvalue weighted by Gasteiger charge is -2.28. The fraction of sp³-hybridized carbons (Fsp3) is 0.208. The van der Waals surface area contributed by atoms with Crippen LogP contribution in [0.4, 0.5) is 10.1 Å². The number of fused-ring (bicyclic) bond motifs is 1. The number of benzene rings is 3. The van der Waals surface area contributed by atoms with E-state index in [1.54, 1.807) is 12.1 Å². The van der Waals surface area contributed by atoms with E-state index in [1.165, 1.54) is 10.4 Å². The molecule has 7 heteroatoms. The Bertz CT molecular complexity index is 1250. The Morgan fingerprint density at radius 2 is 1.65 bits per heavy atom. The topological polar surface area (TPSA) is 66.5 Å². The van der Waals surface area contributed by atoms with Crippen LogP contribution in [0.3, 0.4) is 0 Å². The van der Waals surface area contributed by atoms with Gasteiger partial charge in [-0.05, 0) is 72.9 Å². The summed E-state index contributed by atoms with van der Waals surface area (Å²) in [6.07, 6.45) is 0.608. The molecule has 0 unspecified atom stereocenters. The maximum Gasteiger partial charge on any atom is 0.258 e. The molecule has 0 spiro atoms. The van der Waals surface area contributed by atoms with E-state index in [0.29, 0.717) is 18.7 Å². The van der Waals surface area contributed by atoms with Crippen molar-refractivity contribution in [2.45, 2.75) is 31.7 Å². The van der Waals surface area contributed by atoms with Crippen molar-refractivity contribution in [3.63, 3.8) is 0 Å². The zero-order chi connectivity index (χ0) is 22.2. The van der Waals surface area contributed by atoms with Gasteiger partial charge in [0.1, 0.15) is 5.82 Å². The molecule has 0 radical (unpaired) electrons. The van der Waals surface area contributed by atoms with Crippen LogP contribution in [-0.2, 0) is 23.0 Å². The Labute approximate surface area is 181 Å². The Kier molecular flexibility index (Phi) is 5.64. The third-order valence-electron chi connectivity index (χ3n) is 5.40. The van der Waals surface area contributed by atoms with E-state index < -0.39 is 21.7 Å². The fourth-order valence-corrected chi connectivity index (χ4v) is 5.35. The molecule has 1 aliphatic heterocycles. The molecule has 160 valence electrons. The minimum Gasteiger partial charge on any atom is -0.322 e. The average molecular weight is 439 g/mol. The highest BCUT2D eigenvalue weighted by molar-refractivity contribution is 7.89. The zero-order valence-electron chi connectivity index (χ0n) is 17.4. The molecule has 0 aliphatic carbocycles. The predicted octanol–water partition coefficient (Wildman–Crippen LogP) is 4.44. The standard InChI is InChI=1S/C24H23FN2O3S/c1-16-11-17(2)13-20(12-16)26-24(28)22-14-21(7-8-23(22)25)31(29,30)27-10-9-18-5-3-4-6-19(18)15-27/h3-8,11-14H,9-10,15H2,1-2H3,(H,26,28). The molecule has 1 heterocycles. The fourth-order valence-electron chi connectivity index (χ4n) is 3.91. The van der Waals surface area contributed by atoms with E-state index in [2.05, 4.69) is 5.32 Å². The van der Waals surface area contributed by atoms with Crippen molar-refractivity contribution in [1.29, 1.82) is 0 Å². The Hall–Kier alpha value is -3.03. The first-order valence-corrected chi connectivity index (χ1v) is 11.4. The van der Waals surface area contributed by atoms with Crippen molar-refractivity contribution < 1.29 is 17.6 Å². The highest BCUT2D eigenvalue weighted by Crippen LogP contribution is 2.26. The van der Waals surface area contributed by atoms with Crippen LogP contribution in [0.5, 0.6) is 0 Å². The first-order chi connectivity index (χ1) is 14.7. The van der Waals surface area contributed by atoms with Crippen molar-refractivity contribution in [3.8, 4) is 0 Å². The summed E-state index contributed by atoms with van der Waals surface area (Å²) in [5, 5.41) is 2.66. The molecule has 0 saturated carbocycles. The van der Waals surface area contributed by atoms with Crippen LogP contribution in [-0.4, -0.2) is 25.2 Å². The molecular formula is C24H23FN2O3S. The highest BCUT2D eigenvalue weighted by atomic mass is 32.2. The van der Waals surface area contributed by atoms with Crippen LogP contribution in [0.25, 0.3) is 0 Å². The van der Waals surface area contributed by atoms with E-state index >= 15 is 0 Å². The van der Waals surface area contributed by atoms with Gasteiger partial charge >= 0.3 is 0 Å². The number of nitrogens with one attached hydrogen (secondary N) is 1. The van der Waals surface area contributed by atoms with Gasteiger partial charge in [-0.25, -0.2) is 12.8 Å². The van der Waals surface area contributed by atoms with Crippen LogP contribution in [0.15, 0.2) is 65.6 Å². The summed E-state index contributed by atoms with van der Waals surface area (Å²) >= 11 is 0. The number of rotatable bonds is 4. The van der Waals surface area contributed by atoms with E-state index in [9.17, 15) is 17.6 Å². The molecule has 1 amide bonds. The molecule has 0 bridgehead atoms. The number of amides is 1. The van der Waals surface area contributed by atoms with Crippen LogP contribution in [0.1, 0.15) is 32.6 Å². The van der Waals surface area contributed by atoms with Crippen LogP contribution >= 0.6 is 0 Å². The molecular weight excluding hydrogens is 415 g/mol. The lowest BCUT2D eigenvalue weighted by molar-refractivity contribution is 0.102. The van der Waals surface area contributed by atoms with Gasteiger partial charge in [-0.3, -0.25) is 4.79 Å². The predicted molar refractivity (Wildman–Crippen MR) is 118 cm³/mol. The van der Waals surface area contributed by atoms with Crippen molar-refractivity contribution in [3.05, 3.63) is 94.3 Å². The Morgan fingerprint density at radius 3 is 2.35 bits per heavy atom. The summed E-state index contributed by atoms with van der Waals surface area (Å²) < 4.78 is 42.2. The molecule has 0 aromatic heterocycles. The number of anilines is 1. The summed E-state index contributed by atoms with van der Waals surface area (Å²) in [7, 11) is -3.88. The number of carbonyl (C=O) groups is 1. The smallest absolute Gasteiger partial charge is 0.258 e. The lowest BCUT2D eigenvalue weighted by atomic mass is 10.0. The van der Waals surface area contributed by atoms with E-state index in [0.717, 1.165) is 34.4 Å². The van der Waals surface area contributed by atoms with Gasteiger partial charge < -0.3 is 5.32 Å². The zero-order valence-corrected chi connectivity index (χ0v) is 18.2. The van der Waals surface area contributed by atoms with Crippen LogP contribution < -0.4 is 5.32 Å². The summed E-state index contributed by atoms with van der Waals surface area (Å²) in [5.74, 6) is -1.46. The van der Waals surface area contributed by atoms with Crippen LogP contribution in [0.2, 0.25) is 0 Å². The molecule has 0 fully saturated rings. The number of carbonyl (C=O) groups excluding carboxylic acids is 1. The second kappa shape index (κ2) is 8.24. The number of nitrogens with zero attached hydrogens (tertiary/aromatic N) is 1. The molecule has 31 heavy (non-hydrogen) atoms. The molecule has 5 nitrogen and oxygen atoms in total. The van der Waals surface area contributed by atoms with Crippen LogP contribution in [0, 0.1) is 19.7 Å². The second-order valence-electron chi connectivity index (χ2n) is 7.83. The number of hydrogen-bond donors (Lipinski definition) is 1. The first kappa shape index (κ1) is 21.2. The van der Waals surface area contributed by atoms with Gasteiger partial charge in [0.25, 0.3) is 5.91 Å². The second-order valence-corrected chi connectivity index (χ2v) is 9.77. The summed E-state index contributed by atoms with van der Waals surface area (Å²) in [6.45, 7) is 4.38. The number of aryl methyl sites for hydroxylation is 2. The minimum absolute atomic E-state index is 0.0983. The van der Waals surface area contributed by atoms with E-state index in [-0.39, 0.29) is 17.0 Å². The SMILES string of the molecule is Cc1cc(C)cc(NC(=O)c2cc(S(=O)(=O)N3CCc4ccccc4C3)ccc2F)c1. The average Bonchev–Trinajstić information content (AvgIpc) is 2.72. The van der Waals surface area contributed by atoms with Crippen molar-refractivity contribution in [2.75, 3.05) is 11.9 Å². The Balaban J connectivity index is 1.62. The quantitative estimate of drug-likeness (QED) is 0.655. The molecule has 4 rings (SSSR count). The largest absolute Gasteiger partial charge is 0.322 e. The lowest BCUT2D eigenvalue weighted by Crippen LogP contribution is -2.36. The normalized spacial score (nSPS) is 14.2. The number of hydrogen-bond acceptors (Lipinski definition) is 3. The molecule has 3 aromatic carbocycles. The number of sulfonamides is 1. The monoisotopic (exact) mass is 438 g/mol. The molecule has 0 saturated heterocycles. The minimum atomic E-state index is -3.88. The third kappa shape index (κ3) is 4.38. The van der Waals surface area contributed by atoms with Gasteiger partial charge in [-0.1, -0.05) is 30.3 Å². The third-order valence-corrected chi connectivity index (χ3v) is 7.24. The molecule has 0 atom stereocenters. The highest BCUT2D eigenvalue weighted by Gasteiger charge is 2.29. The van der Waals surface area contributed by atoms with Gasteiger partial charge in [0.05, 0.1) is 10.5 Å². The summed E-state index contributed by atoms with van der Waals surface area (Å²) in [4.78, 5) is 12.6. The maximum absolute atomic E-state index is 14.4. The van der Waals surface area contributed by atoms with Crippen molar-refractivity contribution in [2.24, 2.45) is 0 Å². The Morgan fingerprint density at radius 1 is 0.968 bits per heavy atom. The molecule has 3 aromatic rings. The van der Waals surface area contributed by atoms with Gasteiger partial charge in [0.2, 0.25) is 10.0 Å². The van der Waals surface area contributed by atoms with Crippen molar-refractivity contribution >= 4 is 21.6 Å². The van der Waals surface area contributed by atoms with Gasteiger partial charge in [-0.15, -0.1) is 0 Å². The van der Waals surface area contributed by atoms with E-state index in [4.69, 9.17) is 0 Å². The van der Waals surface area contributed by atoms with E-state index in [1.807, 2.05) is 44.2 Å². The maximum atomic E-state index is 14.4. The molecule has 1 N–H and O–H groups in total. The van der Waals surface area contributed by atoms with Crippen molar-refractivity contribution in [1.82, 2.24) is 4.31 Å². The van der Waals surface area contributed by atoms with Gasteiger partial charge in [-0.2, -0.15) is 4.31 Å². The number of halogens is 1. The first-order valence-electron chi connectivity index (χ1n) is 10.0. The molecule has 1 aliphatic rings. The summed E-state index contributed by atoms with van der Waals surface area (Å²) in [5.41, 5.74) is 4.21. The van der Waals surface area contributed by atoms with Gasteiger partial charge in [0.15, 0.2) is 0 Å².